The SMILES string of the molecule is COc1ccc2c(c1)nc(-c1cnc(N)nc1)n2S(=O)(=O)C(C)(C)C. The van der Waals surface area contributed by atoms with Crippen LogP contribution in [0.15, 0.2) is 30.6 Å². The summed E-state index contributed by atoms with van der Waals surface area (Å²) in [6, 6.07) is 5.06. The summed E-state index contributed by atoms with van der Waals surface area (Å²) in [5.41, 5.74) is 6.94. The number of nitrogen functional groups attached to an aromatic ring is 1. The summed E-state index contributed by atoms with van der Waals surface area (Å²) in [7, 11) is -2.20. The number of rotatable bonds is 3. The van der Waals surface area contributed by atoms with E-state index in [0.29, 0.717) is 22.3 Å². The number of aromatic nitrogens is 4. The Morgan fingerprint density at radius 1 is 1.16 bits per heavy atom. The second-order valence-corrected chi connectivity index (χ2v) is 9.04. The Bertz CT molecular complexity index is 1030. The van der Waals surface area contributed by atoms with Crippen LogP contribution in [0.3, 0.4) is 0 Å². The van der Waals surface area contributed by atoms with Crippen molar-refractivity contribution in [2.45, 2.75) is 25.5 Å². The molecule has 0 bridgehead atoms. The molecule has 0 aliphatic carbocycles. The standard InChI is InChI=1S/C16H19N5O3S/c1-16(2,3)25(22,23)21-13-6-5-11(24-4)7-12(13)20-14(21)10-8-18-15(17)19-9-10/h5-9H,1-4H3,(H2,17,18,19). The first-order chi connectivity index (χ1) is 11.6. The van der Waals surface area contributed by atoms with E-state index in [9.17, 15) is 8.42 Å². The number of fused-ring (bicyclic) bond motifs is 1. The molecule has 9 heteroatoms. The normalized spacial score (nSPS) is 12.5. The van der Waals surface area contributed by atoms with E-state index in [1.807, 2.05) is 0 Å². The van der Waals surface area contributed by atoms with Gasteiger partial charge in [0.1, 0.15) is 5.75 Å². The van der Waals surface area contributed by atoms with E-state index in [-0.39, 0.29) is 11.8 Å². The van der Waals surface area contributed by atoms with E-state index < -0.39 is 14.8 Å². The van der Waals surface area contributed by atoms with Crippen LogP contribution in [0.2, 0.25) is 0 Å². The third-order valence-corrected chi connectivity index (χ3v) is 6.16. The summed E-state index contributed by atoms with van der Waals surface area (Å²) < 4.78 is 31.8. The number of hydrogen-bond acceptors (Lipinski definition) is 7. The summed E-state index contributed by atoms with van der Waals surface area (Å²) >= 11 is 0. The average molecular weight is 361 g/mol. The molecule has 0 aliphatic heterocycles. The highest BCUT2D eigenvalue weighted by molar-refractivity contribution is 7.91. The average Bonchev–Trinajstić information content (AvgIpc) is 2.93. The highest BCUT2D eigenvalue weighted by Crippen LogP contribution is 2.32. The van der Waals surface area contributed by atoms with Gasteiger partial charge in [-0.25, -0.2) is 27.3 Å². The second kappa shape index (κ2) is 5.69. The van der Waals surface area contributed by atoms with Crippen LogP contribution in [0.4, 0.5) is 5.95 Å². The van der Waals surface area contributed by atoms with Gasteiger partial charge in [0.2, 0.25) is 16.0 Å². The molecular weight excluding hydrogens is 342 g/mol. The lowest BCUT2D eigenvalue weighted by molar-refractivity contribution is 0.415. The Balaban J connectivity index is 2.39. The van der Waals surface area contributed by atoms with E-state index in [1.54, 1.807) is 46.1 Å². The molecule has 2 aromatic heterocycles. The lowest BCUT2D eigenvalue weighted by Crippen LogP contribution is -2.33. The van der Waals surface area contributed by atoms with Gasteiger partial charge in [0.05, 0.1) is 28.5 Å². The molecule has 3 aromatic rings. The number of ether oxygens (including phenoxy) is 1. The fraction of sp³-hybridized carbons (Fsp3) is 0.312. The molecule has 8 nitrogen and oxygen atoms in total. The van der Waals surface area contributed by atoms with Crippen molar-refractivity contribution in [3.63, 3.8) is 0 Å². The first kappa shape index (κ1) is 17.2. The van der Waals surface area contributed by atoms with Crippen LogP contribution in [0.5, 0.6) is 5.75 Å². The molecular formula is C16H19N5O3S. The molecule has 3 rings (SSSR count). The molecule has 0 saturated heterocycles. The maximum absolute atomic E-state index is 13.2. The van der Waals surface area contributed by atoms with Gasteiger partial charge in [-0.3, -0.25) is 0 Å². The van der Waals surface area contributed by atoms with Crippen molar-refractivity contribution in [1.82, 2.24) is 18.9 Å². The Labute approximate surface area is 145 Å². The van der Waals surface area contributed by atoms with Crippen LogP contribution >= 0.6 is 0 Å². The van der Waals surface area contributed by atoms with Crippen LogP contribution in [0.1, 0.15) is 20.8 Å². The van der Waals surface area contributed by atoms with Crippen molar-refractivity contribution in [1.29, 1.82) is 0 Å². The molecule has 0 atom stereocenters. The number of imidazole rings is 1. The van der Waals surface area contributed by atoms with Crippen molar-refractivity contribution in [3.05, 3.63) is 30.6 Å². The van der Waals surface area contributed by atoms with Gasteiger partial charge in [0, 0.05) is 18.5 Å². The molecule has 25 heavy (non-hydrogen) atoms. The van der Waals surface area contributed by atoms with Crippen LogP contribution in [0.25, 0.3) is 22.4 Å². The van der Waals surface area contributed by atoms with Crippen LogP contribution < -0.4 is 10.5 Å². The largest absolute Gasteiger partial charge is 0.497 e. The minimum atomic E-state index is -3.74. The van der Waals surface area contributed by atoms with Gasteiger partial charge in [0.25, 0.3) is 0 Å². The monoisotopic (exact) mass is 361 g/mol. The van der Waals surface area contributed by atoms with Crippen molar-refractivity contribution < 1.29 is 13.2 Å². The van der Waals surface area contributed by atoms with E-state index >= 15 is 0 Å². The highest BCUT2D eigenvalue weighted by Gasteiger charge is 2.35. The number of nitrogens with two attached hydrogens (primary N) is 1. The Hall–Kier alpha value is -2.68. The summed E-state index contributed by atoms with van der Waals surface area (Å²) in [5, 5.41) is 0. The lowest BCUT2D eigenvalue weighted by Gasteiger charge is -2.21. The molecule has 0 aliphatic rings. The predicted molar refractivity (Wildman–Crippen MR) is 95.8 cm³/mol. The van der Waals surface area contributed by atoms with Gasteiger partial charge in [-0.05, 0) is 32.9 Å². The topological polar surface area (TPSA) is 113 Å². The fourth-order valence-electron chi connectivity index (χ4n) is 2.32. The number of benzene rings is 1. The molecule has 0 saturated carbocycles. The highest BCUT2D eigenvalue weighted by atomic mass is 32.2. The third kappa shape index (κ3) is 2.80. The van der Waals surface area contributed by atoms with Crippen molar-refractivity contribution in [2.75, 3.05) is 12.8 Å². The minimum Gasteiger partial charge on any atom is -0.497 e. The van der Waals surface area contributed by atoms with Crippen LogP contribution in [-0.4, -0.2) is 39.2 Å². The third-order valence-electron chi connectivity index (χ3n) is 3.76. The molecule has 0 amide bonds. The van der Waals surface area contributed by atoms with Gasteiger partial charge >= 0.3 is 0 Å². The number of nitrogens with zero attached hydrogens (tertiary/aromatic N) is 4. The molecule has 1 aromatic carbocycles. The number of hydrogen-bond donors (Lipinski definition) is 1. The molecule has 2 heterocycles. The van der Waals surface area contributed by atoms with E-state index in [1.165, 1.54) is 16.4 Å². The zero-order valence-corrected chi connectivity index (χ0v) is 15.2. The van der Waals surface area contributed by atoms with Crippen molar-refractivity contribution in [3.8, 4) is 17.1 Å². The first-order valence-electron chi connectivity index (χ1n) is 7.54. The maximum atomic E-state index is 13.2. The first-order valence-corrected chi connectivity index (χ1v) is 8.98. The van der Waals surface area contributed by atoms with Gasteiger partial charge in [-0.1, -0.05) is 0 Å². The minimum absolute atomic E-state index is 0.103. The van der Waals surface area contributed by atoms with Gasteiger partial charge in [0.15, 0.2) is 5.82 Å². The smallest absolute Gasteiger partial charge is 0.245 e. The van der Waals surface area contributed by atoms with Crippen LogP contribution in [0, 0.1) is 0 Å². The van der Waals surface area contributed by atoms with Gasteiger partial charge in [-0.15, -0.1) is 0 Å². The van der Waals surface area contributed by atoms with E-state index in [0.717, 1.165) is 0 Å². The zero-order valence-electron chi connectivity index (χ0n) is 14.4. The zero-order chi connectivity index (χ0) is 18.4. The Kier molecular flexibility index (Phi) is 3.91. The molecule has 0 spiro atoms. The fourth-order valence-corrected chi connectivity index (χ4v) is 3.65. The number of anilines is 1. The molecule has 132 valence electrons. The van der Waals surface area contributed by atoms with Gasteiger partial charge in [-0.2, -0.15) is 0 Å². The molecule has 2 N–H and O–H groups in total. The van der Waals surface area contributed by atoms with Crippen molar-refractivity contribution >= 4 is 27.0 Å². The Morgan fingerprint density at radius 2 is 1.80 bits per heavy atom. The summed E-state index contributed by atoms with van der Waals surface area (Å²) in [5.74, 6) is 0.926. The summed E-state index contributed by atoms with van der Waals surface area (Å²) in [6.07, 6.45) is 2.91. The summed E-state index contributed by atoms with van der Waals surface area (Å²) in [6.45, 7) is 4.92. The quantitative estimate of drug-likeness (QED) is 0.759. The molecule has 0 unspecified atom stereocenters. The Morgan fingerprint density at radius 3 is 2.36 bits per heavy atom. The lowest BCUT2D eigenvalue weighted by atomic mass is 10.3. The second-order valence-electron chi connectivity index (χ2n) is 6.50. The molecule has 0 fully saturated rings. The van der Waals surface area contributed by atoms with E-state index in [2.05, 4.69) is 15.0 Å². The maximum Gasteiger partial charge on any atom is 0.245 e. The van der Waals surface area contributed by atoms with E-state index in [4.69, 9.17) is 10.5 Å². The summed E-state index contributed by atoms with van der Waals surface area (Å²) in [4.78, 5) is 12.4. The predicted octanol–water partition coefficient (Wildman–Crippen LogP) is 2.06. The van der Waals surface area contributed by atoms with Crippen LogP contribution in [-0.2, 0) is 10.0 Å². The molecule has 0 radical (unpaired) electrons. The number of methoxy groups -OCH3 is 1. The van der Waals surface area contributed by atoms with Crippen molar-refractivity contribution in [2.24, 2.45) is 0 Å². The van der Waals surface area contributed by atoms with Gasteiger partial charge < -0.3 is 10.5 Å².